The summed E-state index contributed by atoms with van der Waals surface area (Å²) in [5, 5.41) is 2.37. The second kappa shape index (κ2) is 6.59. The maximum Gasteiger partial charge on any atom is 0.229 e. The molecule has 0 aliphatic rings. The van der Waals surface area contributed by atoms with Crippen LogP contribution in [0.2, 0.25) is 0 Å². The Morgan fingerprint density at radius 3 is 2.71 bits per heavy atom. The summed E-state index contributed by atoms with van der Waals surface area (Å²) in [4.78, 5) is 11.1. The average molecular weight is 259 g/mol. The molecule has 0 spiro atoms. The zero-order valence-corrected chi connectivity index (χ0v) is 10.6. The first-order valence-corrected chi connectivity index (χ1v) is 6.40. The highest BCUT2D eigenvalue weighted by molar-refractivity contribution is 8.00. The van der Waals surface area contributed by atoms with Gasteiger partial charge in [-0.05, 0) is 12.5 Å². The van der Waals surface area contributed by atoms with Gasteiger partial charge in [0.15, 0.2) is 0 Å². The summed E-state index contributed by atoms with van der Waals surface area (Å²) in [6.07, 6.45) is 0.685. The Bertz CT molecular complexity index is 398. The van der Waals surface area contributed by atoms with Crippen LogP contribution in [0.3, 0.4) is 0 Å². The van der Waals surface area contributed by atoms with Crippen molar-refractivity contribution in [3.8, 4) is 0 Å². The van der Waals surface area contributed by atoms with Gasteiger partial charge >= 0.3 is 0 Å². The average Bonchev–Trinajstić information content (AvgIpc) is 2.31. The Kier molecular flexibility index (Phi) is 5.41. The number of thioether (sulfide) groups is 1. The third-order valence-corrected chi connectivity index (χ3v) is 3.79. The summed E-state index contributed by atoms with van der Waals surface area (Å²) in [6.45, 7) is 1.91. The van der Waals surface area contributed by atoms with Crippen molar-refractivity contribution in [2.45, 2.75) is 18.6 Å². The maximum atomic E-state index is 13.5. The lowest BCUT2D eigenvalue weighted by Gasteiger charge is -2.15. The number of benzene rings is 1. The Morgan fingerprint density at radius 1 is 1.47 bits per heavy atom. The van der Waals surface area contributed by atoms with Crippen LogP contribution < -0.4 is 5.32 Å². The van der Waals surface area contributed by atoms with Crippen molar-refractivity contribution in [3.05, 3.63) is 35.4 Å². The van der Waals surface area contributed by atoms with E-state index in [1.54, 1.807) is 7.05 Å². The molecule has 0 saturated heterocycles. The topological polar surface area (TPSA) is 29.1 Å². The number of halogens is 2. The molecule has 0 fully saturated rings. The van der Waals surface area contributed by atoms with Gasteiger partial charge in [0.2, 0.25) is 5.91 Å². The molecule has 1 aromatic carbocycles. The first-order valence-electron chi connectivity index (χ1n) is 5.35. The van der Waals surface area contributed by atoms with Gasteiger partial charge in [-0.25, -0.2) is 8.78 Å². The molecule has 17 heavy (non-hydrogen) atoms. The van der Waals surface area contributed by atoms with E-state index in [4.69, 9.17) is 0 Å². The van der Waals surface area contributed by atoms with E-state index in [1.165, 1.54) is 23.9 Å². The number of hydrogen-bond donors (Lipinski definition) is 1. The number of nitrogens with one attached hydrogen (secondary N) is 1. The SMILES string of the molecule is CC[C@H](SCC(=O)NC)c1ccc(F)cc1F. The molecule has 0 heterocycles. The van der Waals surface area contributed by atoms with E-state index >= 15 is 0 Å². The second-order valence-corrected chi connectivity index (χ2v) is 4.74. The number of carbonyl (C=O) groups excluding carboxylic acids is 1. The third kappa shape index (κ3) is 4.00. The fraction of sp³-hybridized carbons (Fsp3) is 0.417. The molecule has 0 bridgehead atoms. The van der Waals surface area contributed by atoms with Crippen LogP contribution in [-0.2, 0) is 4.79 Å². The van der Waals surface area contributed by atoms with Crippen molar-refractivity contribution in [1.29, 1.82) is 0 Å². The summed E-state index contributed by atoms with van der Waals surface area (Å²) >= 11 is 1.35. The van der Waals surface area contributed by atoms with E-state index < -0.39 is 11.6 Å². The Labute approximate surface area is 104 Å². The smallest absolute Gasteiger partial charge is 0.229 e. The van der Waals surface area contributed by atoms with Crippen molar-refractivity contribution in [1.82, 2.24) is 5.32 Å². The fourth-order valence-corrected chi connectivity index (χ4v) is 2.54. The lowest BCUT2D eigenvalue weighted by molar-refractivity contribution is -0.118. The van der Waals surface area contributed by atoms with Crippen molar-refractivity contribution >= 4 is 17.7 Å². The van der Waals surface area contributed by atoms with E-state index in [1.807, 2.05) is 6.92 Å². The molecular formula is C12H15F2NOS. The zero-order valence-electron chi connectivity index (χ0n) is 9.80. The molecule has 94 valence electrons. The minimum atomic E-state index is -0.586. The van der Waals surface area contributed by atoms with Gasteiger partial charge in [-0.1, -0.05) is 13.0 Å². The first-order chi connectivity index (χ1) is 8.08. The van der Waals surface area contributed by atoms with Crippen LogP contribution in [0.4, 0.5) is 8.78 Å². The van der Waals surface area contributed by atoms with E-state index in [0.717, 1.165) is 6.07 Å². The lowest BCUT2D eigenvalue weighted by atomic mass is 10.1. The van der Waals surface area contributed by atoms with E-state index in [9.17, 15) is 13.6 Å². The van der Waals surface area contributed by atoms with E-state index in [-0.39, 0.29) is 16.9 Å². The van der Waals surface area contributed by atoms with E-state index in [2.05, 4.69) is 5.32 Å². The molecule has 1 N–H and O–H groups in total. The predicted octanol–water partition coefficient (Wildman–Crippen LogP) is 2.90. The zero-order chi connectivity index (χ0) is 12.8. The Balaban J connectivity index is 2.75. The van der Waals surface area contributed by atoms with Gasteiger partial charge in [0, 0.05) is 23.9 Å². The molecule has 2 nitrogen and oxygen atoms in total. The van der Waals surface area contributed by atoms with Crippen LogP contribution >= 0.6 is 11.8 Å². The van der Waals surface area contributed by atoms with Gasteiger partial charge in [0.05, 0.1) is 5.75 Å². The minimum Gasteiger partial charge on any atom is -0.358 e. The number of carbonyl (C=O) groups is 1. The Hall–Kier alpha value is -1.10. The maximum absolute atomic E-state index is 13.5. The quantitative estimate of drug-likeness (QED) is 0.881. The van der Waals surface area contributed by atoms with Gasteiger partial charge in [-0.2, -0.15) is 0 Å². The Morgan fingerprint density at radius 2 is 2.18 bits per heavy atom. The monoisotopic (exact) mass is 259 g/mol. The summed E-state index contributed by atoms with van der Waals surface area (Å²) in [5.74, 6) is -0.971. The van der Waals surface area contributed by atoms with Crippen molar-refractivity contribution in [2.75, 3.05) is 12.8 Å². The van der Waals surface area contributed by atoms with Crippen molar-refractivity contribution in [2.24, 2.45) is 0 Å². The lowest BCUT2D eigenvalue weighted by Crippen LogP contribution is -2.20. The third-order valence-electron chi connectivity index (χ3n) is 2.37. The van der Waals surface area contributed by atoms with Crippen LogP contribution in [0.25, 0.3) is 0 Å². The number of rotatable bonds is 5. The molecule has 1 amide bonds. The molecule has 0 aliphatic heterocycles. The van der Waals surface area contributed by atoms with Gasteiger partial charge in [0.1, 0.15) is 11.6 Å². The van der Waals surface area contributed by atoms with Crippen LogP contribution in [0, 0.1) is 11.6 Å². The summed E-state index contributed by atoms with van der Waals surface area (Å²) in [5.41, 5.74) is 0.447. The molecule has 5 heteroatoms. The molecule has 1 atom stereocenters. The minimum absolute atomic E-state index is 0.101. The summed E-state index contributed by atoms with van der Waals surface area (Å²) in [7, 11) is 1.56. The highest BCUT2D eigenvalue weighted by Gasteiger charge is 2.16. The van der Waals surface area contributed by atoms with Gasteiger partial charge in [-0.15, -0.1) is 11.8 Å². The van der Waals surface area contributed by atoms with Crippen molar-refractivity contribution < 1.29 is 13.6 Å². The fourth-order valence-electron chi connectivity index (χ4n) is 1.44. The molecule has 0 saturated carbocycles. The van der Waals surface area contributed by atoms with Crippen LogP contribution in [-0.4, -0.2) is 18.7 Å². The number of amides is 1. The van der Waals surface area contributed by atoms with Gasteiger partial charge < -0.3 is 5.32 Å². The van der Waals surface area contributed by atoms with Gasteiger partial charge in [-0.3, -0.25) is 4.79 Å². The van der Waals surface area contributed by atoms with Gasteiger partial charge in [0.25, 0.3) is 0 Å². The second-order valence-electron chi connectivity index (χ2n) is 3.55. The molecule has 0 unspecified atom stereocenters. The molecule has 0 aromatic heterocycles. The first kappa shape index (κ1) is 14.0. The highest BCUT2D eigenvalue weighted by atomic mass is 32.2. The molecular weight excluding hydrogens is 244 g/mol. The van der Waals surface area contributed by atoms with E-state index in [0.29, 0.717) is 12.0 Å². The van der Waals surface area contributed by atoms with Crippen molar-refractivity contribution in [3.63, 3.8) is 0 Å². The largest absolute Gasteiger partial charge is 0.358 e. The highest BCUT2D eigenvalue weighted by Crippen LogP contribution is 2.33. The molecule has 1 rings (SSSR count). The molecule has 0 aliphatic carbocycles. The van der Waals surface area contributed by atoms with Crippen LogP contribution in [0.5, 0.6) is 0 Å². The molecule has 0 radical (unpaired) electrons. The summed E-state index contributed by atoms with van der Waals surface area (Å²) in [6, 6.07) is 3.55. The number of hydrogen-bond acceptors (Lipinski definition) is 2. The van der Waals surface area contributed by atoms with Crippen LogP contribution in [0.1, 0.15) is 24.2 Å². The standard InChI is InChI=1S/C12H15F2NOS/c1-3-11(17-7-12(16)15-2)9-5-4-8(13)6-10(9)14/h4-6,11H,3,7H2,1-2H3,(H,15,16)/t11-/m0/s1. The van der Waals surface area contributed by atoms with Crippen LogP contribution in [0.15, 0.2) is 18.2 Å². The predicted molar refractivity (Wildman–Crippen MR) is 65.9 cm³/mol. The normalized spacial score (nSPS) is 12.2. The summed E-state index contributed by atoms with van der Waals surface area (Å²) < 4.78 is 26.3. The molecule has 1 aromatic rings.